The van der Waals surface area contributed by atoms with Gasteiger partial charge in [0.05, 0.1) is 13.2 Å². The summed E-state index contributed by atoms with van der Waals surface area (Å²) in [5.74, 6) is 0.413. The van der Waals surface area contributed by atoms with Gasteiger partial charge in [0.25, 0.3) is 0 Å². The average Bonchev–Trinajstić information content (AvgIpc) is 2.46. The van der Waals surface area contributed by atoms with Gasteiger partial charge in [-0.2, -0.15) is 0 Å². The van der Waals surface area contributed by atoms with Gasteiger partial charge in [0.1, 0.15) is 5.75 Å². The molecular formula is C14H21N3O3. The van der Waals surface area contributed by atoms with Gasteiger partial charge in [0.15, 0.2) is 0 Å². The molecule has 0 aliphatic rings. The van der Waals surface area contributed by atoms with E-state index in [-0.39, 0.29) is 11.9 Å². The van der Waals surface area contributed by atoms with Crippen molar-refractivity contribution in [2.45, 2.75) is 25.9 Å². The number of rotatable bonds is 5. The lowest BCUT2D eigenvalue weighted by Crippen LogP contribution is -2.47. The van der Waals surface area contributed by atoms with Gasteiger partial charge in [0.2, 0.25) is 5.91 Å². The van der Waals surface area contributed by atoms with Crippen LogP contribution in [-0.4, -0.2) is 32.1 Å². The van der Waals surface area contributed by atoms with Gasteiger partial charge < -0.3 is 10.1 Å². The van der Waals surface area contributed by atoms with Gasteiger partial charge in [-0.25, -0.2) is 4.79 Å². The van der Waals surface area contributed by atoms with Crippen molar-refractivity contribution >= 4 is 11.9 Å². The number of hydrogen-bond acceptors (Lipinski definition) is 4. The van der Waals surface area contributed by atoms with Crippen LogP contribution in [-0.2, 0) is 4.79 Å². The van der Waals surface area contributed by atoms with Crippen molar-refractivity contribution in [1.82, 2.24) is 16.0 Å². The Balaban J connectivity index is 2.57. The standard InChI is InChI=1S/C14H21N3O3/c1-9(11-5-7-12(20-4)8-6-11)16-10(2)13(18)17-14(19)15-3/h5-10,16H,1-4H3,(H2,15,17,18,19)/t9-,10?/m0/s1. The molecule has 0 aliphatic carbocycles. The lowest BCUT2D eigenvalue weighted by atomic mass is 10.1. The third-order valence-electron chi connectivity index (χ3n) is 2.97. The fraction of sp³-hybridized carbons (Fsp3) is 0.429. The maximum absolute atomic E-state index is 11.7. The van der Waals surface area contributed by atoms with Gasteiger partial charge in [-0.1, -0.05) is 12.1 Å². The number of methoxy groups -OCH3 is 1. The summed E-state index contributed by atoms with van der Waals surface area (Å²) in [7, 11) is 3.07. The van der Waals surface area contributed by atoms with E-state index in [1.54, 1.807) is 14.0 Å². The fourth-order valence-electron chi connectivity index (χ4n) is 1.72. The Morgan fingerprint density at radius 2 is 1.75 bits per heavy atom. The Bertz CT molecular complexity index is 459. The molecule has 0 heterocycles. The van der Waals surface area contributed by atoms with E-state index < -0.39 is 12.1 Å². The zero-order chi connectivity index (χ0) is 15.1. The van der Waals surface area contributed by atoms with Crippen LogP contribution in [0.5, 0.6) is 5.75 Å². The van der Waals surface area contributed by atoms with Crippen LogP contribution in [0.15, 0.2) is 24.3 Å². The number of benzene rings is 1. The van der Waals surface area contributed by atoms with Crippen LogP contribution in [0.4, 0.5) is 4.79 Å². The summed E-state index contributed by atoms with van der Waals surface area (Å²) in [4.78, 5) is 22.8. The van der Waals surface area contributed by atoms with Gasteiger partial charge in [-0.3, -0.25) is 15.4 Å². The lowest BCUT2D eigenvalue weighted by molar-refractivity contribution is -0.121. The molecule has 0 fully saturated rings. The van der Waals surface area contributed by atoms with E-state index in [9.17, 15) is 9.59 Å². The number of nitrogens with one attached hydrogen (secondary N) is 3. The number of amides is 3. The molecule has 0 saturated heterocycles. The summed E-state index contributed by atoms with van der Waals surface area (Å²) in [6.07, 6.45) is 0. The third kappa shape index (κ3) is 4.55. The van der Waals surface area contributed by atoms with E-state index in [1.165, 1.54) is 7.05 Å². The highest BCUT2D eigenvalue weighted by atomic mass is 16.5. The second kappa shape index (κ2) is 7.49. The molecule has 2 atom stereocenters. The summed E-state index contributed by atoms with van der Waals surface area (Å²) in [6.45, 7) is 3.66. The highest BCUT2D eigenvalue weighted by molar-refractivity contribution is 5.96. The van der Waals surface area contributed by atoms with E-state index in [0.717, 1.165) is 11.3 Å². The zero-order valence-corrected chi connectivity index (χ0v) is 12.2. The first-order chi connectivity index (χ1) is 9.47. The van der Waals surface area contributed by atoms with Crippen LogP contribution >= 0.6 is 0 Å². The molecular weight excluding hydrogens is 258 g/mol. The molecule has 0 aromatic heterocycles. The smallest absolute Gasteiger partial charge is 0.321 e. The van der Waals surface area contributed by atoms with Crippen molar-refractivity contribution in [2.24, 2.45) is 0 Å². The fourth-order valence-corrected chi connectivity index (χ4v) is 1.72. The van der Waals surface area contributed by atoms with Crippen molar-refractivity contribution in [3.63, 3.8) is 0 Å². The quantitative estimate of drug-likeness (QED) is 0.756. The minimum Gasteiger partial charge on any atom is -0.497 e. The predicted molar refractivity (Wildman–Crippen MR) is 76.6 cm³/mol. The molecule has 1 unspecified atom stereocenters. The van der Waals surface area contributed by atoms with Crippen LogP contribution in [0, 0.1) is 0 Å². The lowest BCUT2D eigenvalue weighted by Gasteiger charge is -2.19. The molecule has 0 saturated carbocycles. The van der Waals surface area contributed by atoms with Crippen LogP contribution in [0.25, 0.3) is 0 Å². The maximum Gasteiger partial charge on any atom is 0.321 e. The van der Waals surface area contributed by atoms with Crippen molar-refractivity contribution in [2.75, 3.05) is 14.2 Å². The van der Waals surface area contributed by atoms with E-state index in [2.05, 4.69) is 16.0 Å². The van der Waals surface area contributed by atoms with Gasteiger partial charge >= 0.3 is 6.03 Å². The summed E-state index contributed by atoms with van der Waals surface area (Å²) in [5.41, 5.74) is 1.03. The Morgan fingerprint density at radius 1 is 1.15 bits per heavy atom. The van der Waals surface area contributed by atoms with E-state index in [4.69, 9.17) is 4.74 Å². The molecule has 110 valence electrons. The molecule has 3 N–H and O–H groups in total. The monoisotopic (exact) mass is 279 g/mol. The molecule has 0 bridgehead atoms. The molecule has 1 aromatic carbocycles. The summed E-state index contributed by atoms with van der Waals surface area (Å²) in [6, 6.07) is 6.57. The summed E-state index contributed by atoms with van der Waals surface area (Å²) >= 11 is 0. The average molecular weight is 279 g/mol. The first-order valence-corrected chi connectivity index (χ1v) is 6.40. The number of hydrogen-bond donors (Lipinski definition) is 3. The first kappa shape index (κ1) is 16.0. The van der Waals surface area contributed by atoms with Crippen molar-refractivity contribution in [1.29, 1.82) is 0 Å². The Morgan fingerprint density at radius 3 is 2.25 bits per heavy atom. The van der Waals surface area contributed by atoms with E-state index in [1.807, 2.05) is 31.2 Å². The number of urea groups is 1. The summed E-state index contributed by atoms with van der Waals surface area (Å²) in [5, 5.41) is 7.70. The highest BCUT2D eigenvalue weighted by Crippen LogP contribution is 2.17. The molecule has 1 aromatic rings. The molecule has 1 rings (SSSR count). The molecule has 20 heavy (non-hydrogen) atoms. The molecule has 6 heteroatoms. The Labute approximate surface area is 118 Å². The van der Waals surface area contributed by atoms with Crippen molar-refractivity contribution in [3.8, 4) is 5.75 Å². The minimum absolute atomic E-state index is 0.0219. The van der Waals surface area contributed by atoms with Gasteiger partial charge in [-0.15, -0.1) is 0 Å². The second-order valence-electron chi connectivity index (χ2n) is 4.45. The van der Waals surface area contributed by atoms with Gasteiger partial charge in [-0.05, 0) is 31.5 Å². The van der Waals surface area contributed by atoms with E-state index in [0.29, 0.717) is 0 Å². The molecule has 0 radical (unpaired) electrons. The van der Waals surface area contributed by atoms with E-state index >= 15 is 0 Å². The topological polar surface area (TPSA) is 79.5 Å². The summed E-state index contributed by atoms with van der Waals surface area (Å²) < 4.78 is 5.10. The number of carbonyl (C=O) groups excluding carboxylic acids is 2. The third-order valence-corrected chi connectivity index (χ3v) is 2.97. The number of imide groups is 1. The van der Waals surface area contributed by atoms with Crippen LogP contribution in [0.1, 0.15) is 25.5 Å². The first-order valence-electron chi connectivity index (χ1n) is 6.40. The second-order valence-corrected chi connectivity index (χ2v) is 4.45. The maximum atomic E-state index is 11.7. The number of carbonyl (C=O) groups is 2. The number of ether oxygens (including phenoxy) is 1. The van der Waals surface area contributed by atoms with Gasteiger partial charge in [0, 0.05) is 13.1 Å². The minimum atomic E-state index is -0.513. The zero-order valence-electron chi connectivity index (χ0n) is 12.2. The highest BCUT2D eigenvalue weighted by Gasteiger charge is 2.17. The van der Waals surface area contributed by atoms with Crippen LogP contribution in [0.2, 0.25) is 0 Å². The molecule has 3 amide bonds. The van der Waals surface area contributed by atoms with Crippen LogP contribution < -0.4 is 20.7 Å². The molecule has 0 spiro atoms. The van der Waals surface area contributed by atoms with Crippen LogP contribution in [0.3, 0.4) is 0 Å². The normalized spacial score (nSPS) is 13.2. The Hall–Kier alpha value is -2.08. The molecule has 0 aliphatic heterocycles. The largest absolute Gasteiger partial charge is 0.497 e. The van der Waals surface area contributed by atoms with Crippen molar-refractivity contribution < 1.29 is 14.3 Å². The predicted octanol–water partition coefficient (Wildman–Crippen LogP) is 1.19. The molecule has 6 nitrogen and oxygen atoms in total. The SMILES string of the molecule is CNC(=O)NC(=O)C(C)N[C@@H](C)c1ccc(OC)cc1. The Kier molecular flexibility index (Phi) is 5.99. The van der Waals surface area contributed by atoms with Crippen molar-refractivity contribution in [3.05, 3.63) is 29.8 Å².